The lowest BCUT2D eigenvalue weighted by atomic mass is 10.1. The summed E-state index contributed by atoms with van der Waals surface area (Å²) in [6.45, 7) is 2.54. The Kier molecular flexibility index (Phi) is 6.65. The molecule has 1 saturated carbocycles. The molecular formula is C25H25FN2O4S. The third kappa shape index (κ3) is 5.51. The molecule has 0 heterocycles. The van der Waals surface area contributed by atoms with E-state index in [4.69, 9.17) is 4.74 Å². The number of hydrogen-bond acceptors (Lipinski definition) is 4. The van der Waals surface area contributed by atoms with Gasteiger partial charge < -0.3 is 9.64 Å². The number of ether oxygens (including phenoxy) is 1. The molecule has 0 spiro atoms. The van der Waals surface area contributed by atoms with Gasteiger partial charge in [-0.15, -0.1) is 0 Å². The minimum atomic E-state index is -3.79. The van der Waals surface area contributed by atoms with Gasteiger partial charge in [0.05, 0.1) is 11.5 Å². The molecule has 3 aromatic rings. The lowest BCUT2D eigenvalue weighted by Gasteiger charge is -2.23. The predicted molar refractivity (Wildman–Crippen MR) is 124 cm³/mol. The molecule has 0 aromatic heterocycles. The number of amides is 1. The van der Waals surface area contributed by atoms with Crippen molar-refractivity contribution in [3.63, 3.8) is 0 Å². The number of halogens is 1. The number of carbonyl (C=O) groups is 1. The molecule has 1 aliphatic carbocycles. The molecule has 0 bridgehead atoms. The Morgan fingerprint density at radius 1 is 1.03 bits per heavy atom. The summed E-state index contributed by atoms with van der Waals surface area (Å²) < 4.78 is 47.3. The van der Waals surface area contributed by atoms with Gasteiger partial charge in [-0.3, -0.25) is 9.52 Å². The van der Waals surface area contributed by atoms with Crippen LogP contribution in [0, 0.1) is 5.82 Å². The van der Waals surface area contributed by atoms with Crippen molar-refractivity contribution in [1.29, 1.82) is 0 Å². The van der Waals surface area contributed by atoms with Crippen LogP contribution >= 0.6 is 0 Å². The molecule has 1 amide bonds. The molecule has 172 valence electrons. The minimum absolute atomic E-state index is 0.0925. The molecule has 1 fully saturated rings. The fourth-order valence-electron chi connectivity index (χ4n) is 3.51. The van der Waals surface area contributed by atoms with Crippen molar-refractivity contribution in [3.05, 3.63) is 89.7 Å². The third-order valence-corrected chi connectivity index (χ3v) is 6.77. The molecule has 4 rings (SSSR count). The molecule has 1 aliphatic rings. The van der Waals surface area contributed by atoms with E-state index < -0.39 is 10.0 Å². The average Bonchev–Trinajstić information content (AvgIpc) is 3.64. The predicted octanol–water partition coefficient (Wildman–Crippen LogP) is 4.83. The number of sulfonamides is 1. The summed E-state index contributed by atoms with van der Waals surface area (Å²) in [5.74, 6) is 0.0478. The standard InChI is InChI=1S/C25H25FN2O4S/c1-2-32-22-13-15-23(16-14-22)33(30,31)27-20-9-7-18(8-10-20)25(29)28(21-11-12-21)17-19-5-3-4-6-24(19)26/h3-10,13-16,21,27H,2,11-12,17H2,1H3. The summed E-state index contributed by atoms with van der Waals surface area (Å²) in [6.07, 6.45) is 1.78. The number of nitrogens with zero attached hydrogens (tertiary/aromatic N) is 1. The van der Waals surface area contributed by atoms with E-state index in [1.54, 1.807) is 59.5 Å². The minimum Gasteiger partial charge on any atom is -0.494 e. The Morgan fingerprint density at radius 2 is 1.70 bits per heavy atom. The van der Waals surface area contributed by atoms with Crippen LogP contribution in [-0.4, -0.2) is 31.9 Å². The van der Waals surface area contributed by atoms with E-state index in [2.05, 4.69) is 4.72 Å². The first-order valence-electron chi connectivity index (χ1n) is 10.8. The Balaban J connectivity index is 1.46. The highest BCUT2D eigenvalue weighted by Gasteiger charge is 2.33. The largest absolute Gasteiger partial charge is 0.494 e. The van der Waals surface area contributed by atoms with Crippen molar-refractivity contribution >= 4 is 21.6 Å². The van der Waals surface area contributed by atoms with Crippen molar-refractivity contribution in [3.8, 4) is 5.75 Å². The van der Waals surface area contributed by atoms with Crippen LogP contribution in [-0.2, 0) is 16.6 Å². The number of nitrogens with one attached hydrogen (secondary N) is 1. The molecule has 0 atom stereocenters. The number of benzene rings is 3. The van der Waals surface area contributed by atoms with Crippen LogP contribution in [0.25, 0.3) is 0 Å². The summed E-state index contributed by atoms with van der Waals surface area (Å²) >= 11 is 0. The second-order valence-corrected chi connectivity index (χ2v) is 9.53. The second-order valence-electron chi connectivity index (χ2n) is 7.84. The van der Waals surface area contributed by atoms with Gasteiger partial charge in [0, 0.05) is 29.4 Å². The topological polar surface area (TPSA) is 75.7 Å². The molecule has 1 N–H and O–H groups in total. The summed E-state index contributed by atoms with van der Waals surface area (Å²) in [7, 11) is -3.79. The molecule has 33 heavy (non-hydrogen) atoms. The molecule has 0 radical (unpaired) electrons. The first-order chi connectivity index (χ1) is 15.9. The number of hydrogen-bond donors (Lipinski definition) is 1. The highest BCUT2D eigenvalue weighted by atomic mass is 32.2. The lowest BCUT2D eigenvalue weighted by molar-refractivity contribution is 0.0728. The van der Waals surface area contributed by atoms with Crippen molar-refractivity contribution in [2.24, 2.45) is 0 Å². The Morgan fingerprint density at radius 3 is 2.30 bits per heavy atom. The number of carbonyl (C=O) groups excluding carboxylic acids is 1. The summed E-state index contributed by atoms with van der Waals surface area (Å²) in [6, 6.07) is 18.9. The van der Waals surface area contributed by atoms with Crippen molar-refractivity contribution in [2.75, 3.05) is 11.3 Å². The van der Waals surface area contributed by atoms with Gasteiger partial charge in [0.1, 0.15) is 11.6 Å². The maximum Gasteiger partial charge on any atom is 0.261 e. The van der Waals surface area contributed by atoms with Crippen LogP contribution in [0.15, 0.2) is 77.7 Å². The fraction of sp³-hybridized carbons (Fsp3) is 0.240. The molecular weight excluding hydrogens is 443 g/mol. The zero-order valence-corrected chi connectivity index (χ0v) is 19.0. The smallest absolute Gasteiger partial charge is 0.261 e. The van der Waals surface area contributed by atoms with E-state index in [1.165, 1.54) is 18.2 Å². The van der Waals surface area contributed by atoms with Crippen LogP contribution in [0.4, 0.5) is 10.1 Å². The zero-order chi connectivity index (χ0) is 23.4. The molecule has 3 aromatic carbocycles. The van der Waals surface area contributed by atoms with Crippen LogP contribution in [0.3, 0.4) is 0 Å². The van der Waals surface area contributed by atoms with Crippen molar-refractivity contribution in [2.45, 2.75) is 37.2 Å². The Labute approximate surface area is 193 Å². The molecule has 6 nitrogen and oxygen atoms in total. The van der Waals surface area contributed by atoms with E-state index in [0.717, 1.165) is 12.8 Å². The lowest BCUT2D eigenvalue weighted by Crippen LogP contribution is -2.32. The second kappa shape index (κ2) is 9.62. The van der Waals surface area contributed by atoms with Gasteiger partial charge in [-0.1, -0.05) is 18.2 Å². The Bertz CT molecular complexity index is 1220. The van der Waals surface area contributed by atoms with Gasteiger partial charge in [0.25, 0.3) is 15.9 Å². The van der Waals surface area contributed by atoms with Crippen LogP contribution < -0.4 is 9.46 Å². The van der Waals surface area contributed by atoms with Crippen molar-refractivity contribution < 1.29 is 22.3 Å². The highest BCUT2D eigenvalue weighted by molar-refractivity contribution is 7.92. The van der Waals surface area contributed by atoms with Gasteiger partial charge in [-0.25, -0.2) is 12.8 Å². The zero-order valence-electron chi connectivity index (χ0n) is 18.2. The van der Waals surface area contributed by atoms with Gasteiger partial charge in [-0.05, 0) is 74.4 Å². The van der Waals surface area contributed by atoms with E-state index in [-0.39, 0.29) is 29.2 Å². The van der Waals surface area contributed by atoms with Gasteiger partial charge in [-0.2, -0.15) is 0 Å². The summed E-state index contributed by atoms with van der Waals surface area (Å²) in [5, 5.41) is 0. The van der Waals surface area contributed by atoms with Crippen molar-refractivity contribution in [1.82, 2.24) is 4.90 Å². The quantitative estimate of drug-likeness (QED) is 0.488. The summed E-state index contributed by atoms with van der Waals surface area (Å²) in [5.41, 5.74) is 1.23. The van der Waals surface area contributed by atoms with E-state index in [1.807, 2.05) is 6.92 Å². The van der Waals surface area contributed by atoms with Gasteiger partial charge in [0.2, 0.25) is 0 Å². The average molecular weight is 469 g/mol. The normalized spacial score (nSPS) is 13.4. The first-order valence-corrected chi connectivity index (χ1v) is 12.3. The first kappa shape index (κ1) is 22.8. The monoisotopic (exact) mass is 468 g/mol. The fourth-order valence-corrected chi connectivity index (χ4v) is 4.56. The van der Waals surface area contributed by atoms with Gasteiger partial charge >= 0.3 is 0 Å². The maximum absolute atomic E-state index is 14.1. The highest BCUT2D eigenvalue weighted by Crippen LogP contribution is 2.30. The van der Waals surface area contributed by atoms with E-state index >= 15 is 0 Å². The summed E-state index contributed by atoms with van der Waals surface area (Å²) in [4.78, 5) is 14.9. The Hall–Kier alpha value is -3.39. The maximum atomic E-state index is 14.1. The van der Waals surface area contributed by atoms with Crippen LogP contribution in [0.5, 0.6) is 5.75 Å². The molecule has 0 unspecified atom stereocenters. The van der Waals surface area contributed by atoms with Crippen LogP contribution in [0.2, 0.25) is 0 Å². The molecule has 8 heteroatoms. The van der Waals surface area contributed by atoms with E-state index in [9.17, 15) is 17.6 Å². The molecule has 0 aliphatic heterocycles. The number of anilines is 1. The third-order valence-electron chi connectivity index (χ3n) is 5.38. The molecule has 0 saturated heterocycles. The number of rotatable bonds is 9. The van der Waals surface area contributed by atoms with Crippen LogP contribution in [0.1, 0.15) is 35.7 Å². The van der Waals surface area contributed by atoms with Gasteiger partial charge in [0.15, 0.2) is 0 Å². The SMILES string of the molecule is CCOc1ccc(S(=O)(=O)Nc2ccc(C(=O)N(Cc3ccccc3F)C3CC3)cc2)cc1. The van der Waals surface area contributed by atoms with E-state index in [0.29, 0.717) is 29.2 Å².